The Balaban J connectivity index is 2.70. The fourth-order valence-electron chi connectivity index (χ4n) is 1.48. The number of hydrogen-bond donors (Lipinski definition) is 0. The Labute approximate surface area is 97.0 Å². The molecule has 0 aliphatic carbocycles. The predicted molar refractivity (Wildman–Crippen MR) is 64.6 cm³/mol. The molecule has 1 amide bonds. The summed E-state index contributed by atoms with van der Waals surface area (Å²) in [4.78, 5) is 13.8. The lowest BCUT2D eigenvalue weighted by Gasteiger charge is -2.20. The van der Waals surface area contributed by atoms with Gasteiger partial charge in [0.1, 0.15) is 0 Å². The van der Waals surface area contributed by atoms with Crippen LogP contribution < -0.4 is 0 Å². The second kappa shape index (κ2) is 6.28. The molecule has 3 heteroatoms. The number of benzene rings is 1. The van der Waals surface area contributed by atoms with Crippen LogP contribution in [0.2, 0.25) is 0 Å². The number of hydrogen-bond acceptors (Lipinski definition) is 2. The number of ether oxygens (including phenoxy) is 1. The number of amides is 1. The van der Waals surface area contributed by atoms with E-state index in [1.54, 1.807) is 12.0 Å². The molecule has 88 valence electrons. The molecule has 0 fully saturated rings. The lowest BCUT2D eigenvalue weighted by atomic mass is 10.1. The third-order valence-corrected chi connectivity index (χ3v) is 2.53. The highest BCUT2D eigenvalue weighted by Gasteiger charge is 2.12. The Hall–Kier alpha value is -1.35. The number of aryl methyl sites for hydroxylation is 1. The van der Waals surface area contributed by atoms with E-state index in [1.807, 2.05) is 38.1 Å². The average molecular weight is 221 g/mol. The SMILES string of the molecule is CCN(CCOC)C(=O)c1ccc(C)cc1. The van der Waals surface area contributed by atoms with Crippen molar-refractivity contribution >= 4 is 5.91 Å². The molecule has 3 nitrogen and oxygen atoms in total. The van der Waals surface area contributed by atoms with E-state index >= 15 is 0 Å². The van der Waals surface area contributed by atoms with E-state index in [0.717, 1.165) is 11.1 Å². The highest BCUT2D eigenvalue weighted by Crippen LogP contribution is 2.06. The molecule has 1 aromatic carbocycles. The zero-order valence-corrected chi connectivity index (χ0v) is 10.2. The van der Waals surface area contributed by atoms with E-state index in [4.69, 9.17) is 4.74 Å². The van der Waals surface area contributed by atoms with E-state index < -0.39 is 0 Å². The van der Waals surface area contributed by atoms with Gasteiger partial charge < -0.3 is 9.64 Å². The van der Waals surface area contributed by atoms with Crippen molar-refractivity contribution in [3.63, 3.8) is 0 Å². The molecule has 0 unspecified atom stereocenters. The standard InChI is InChI=1S/C13H19NO2/c1-4-14(9-10-16-3)13(15)12-7-5-11(2)6-8-12/h5-8H,4,9-10H2,1-3H3. The molecular weight excluding hydrogens is 202 g/mol. The van der Waals surface area contributed by atoms with E-state index in [9.17, 15) is 4.79 Å². The summed E-state index contributed by atoms with van der Waals surface area (Å²) in [6, 6.07) is 7.65. The summed E-state index contributed by atoms with van der Waals surface area (Å²) in [6.45, 7) is 5.90. The molecule has 0 spiro atoms. The topological polar surface area (TPSA) is 29.5 Å². The smallest absolute Gasteiger partial charge is 0.253 e. The van der Waals surface area contributed by atoms with Crippen LogP contribution in [0.1, 0.15) is 22.8 Å². The van der Waals surface area contributed by atoms with Crippen LogP contribution >= 0.6 is 0 Å². The highest BCUT2D eigenvalue weighted by atomic mass is 16.5. The maximum absolute atomic E-state index is 12.1. The van der Waals surface area contributed by atoms with Gasteiger partial charge in [-0.05, 0) is 26.0 Å². The van der Waals surface area contributed by atoms with Crippen LogP contribution in [0.4, 0.5) is 0 Å². The largest absolute Gasteiger partial charge is 0.383 e. The van der Waals surface area contributed by atoms with Crippen molar-refractivity contribution in [3.8, 4) is 0 Å². The van der Waals surface area contributed by atoms with Crippen molar-refractivity contribution in [3.05, 3.63) is 35.4 Å². The zero-order chi connectivity index (χ0) is 12.0. The summed E-state index contributed by atoms with van der Waals surface area (Å²) in [6.07, 6.45) is 0. The Bertz CT molecular complexity index is 332. The molecule has 16 heavy (non-hydrogen) atoms. The number of nitrogens with zero attached hydrogens (tertiary/aromatic N) is 1. The fraction of sp³-hybridized carbons (Fsp3) is 0.462. The number of carbonyl (C=O) groups is 1. The van der Waals surface area contributed by atoms with Crippen LogP contribution in [0.5, 0.6) is 0 Å². The second-order valence-electron chi connectivity index (χ2n) is 3.74. The first kappa shape index (κ1) is 12.7. The molecule has 0 radical (unpaired) electrons. The van der Waals surface area contributed by atoms with Gasteiger partial charge in [-0.3, -0.25) is 4.79 Å². The molecule has 0 aliphatic heterocycles. The number of rotatable bonds is 5. The first-order valence-corrected chi connectivity index (χ1v) is 5.54. The Kier molecular flexibility index (Phi) is 4.99. The third kappa shape index (κ3) is 3.35. The Morgan fingerprint density at radius 3 is 2.44 bits per heavy atom. The Morgan fingerprint density at radius 2 is 1.94 bits per heavy atom. The number of carbonyl (C=O) groups excluding carboxylic acids is 1. The molecule has 1 rings (SSSR count). The number of methoxy groups -OCH3 is 1. The molecule has 0 saturated heterocycles. The van der Waals surface area contributed by atoms with Crippen LogP contribution in [0.3, 0.4) is 0 Å². The van der Waals surface area contributed by atoms with Crippen molar-refractivity contribution in [2.75, 3.05) is 26.8 Å². The molecule has 0 aliphatic rings. The first-order valence-electron chi connectivity index (χ1n) is 5.54. The molecule has 1 aromatic rings. The zero-order valence-electron chi connectivity index (χ0n) is 10.2. The van der Waals surface area contributed by atoms with Crippen LogP contribution in [0.15, 0.2) is 24.3 Å². The molecule has 0 bridgehead atoms. The molecule has 0 heterocycles. The van der Waals surface area contributed by atoms with Crippen molar-refractivity contribution in [1.29, 1.82) is 0 Å². The maximum atomic E-state index is 12.1. The minimum absolute atomic E-state index is 0.0690. The van der Waals surface area contributed by atoms with E-state index in [1.165, 1.54) is 0 Å². The van der Waals surface area contributed by atoms with Crippen molar-refractivity contribution in [2.45, 2.75) is 13.8 Å². The molecule has 0 saturated carbocycles. The van der Waals surface area contributed by atoms with Crippen molar-refractivity contribution in [2.24, 2.45) is 0 Å². The number of likely N-dealkylation sites (N-methyl/N-ethyl adjacent to an activating group) is 1. The molecule has 0 aromatic heterocycles. The van der Waals surface area contributed by atoms with Gasteiger partial charge in [0.15, 0.2) is 0 Å². The summed E-state index contributed by atoms with van der Waals surface area (Å²) in [7, 11) is 1.64. The normalized spacial score (nSPS) is 10.2. The van der Waals surface area contributed by atoms with Crippen LogP contribution in [0, 0.1) is 6.92 Å². The van der Waals surface area contributed by atoms with Crippen LogP contribution in [-0.4, -0.2) is 37.6 Å². The van der Waals surface area contributed by atoms with Gasteiger partial charge in [0.2, 0.25) is 0 Å². The minimum atomic E-state index is 0.0690. The molecule has 0 atom stereocenters. The van der Waals surface area contributed by atoms with E-state index in [2.05, 4.69) is 0 Å². The van der Waals surface area contributed by atoms with Gasteiger partial charge in [-0.25, -0.2) is 0 Å². The van der Waals surface area contributed by atoms with Gasteiger partial charge in [-0.1, -0.05) is 17.7 Å². The van der Waals surface area contributed by atoms with Gasteiger partial charge in [0.25, 0.3) is 5.91 Å². The van der Waals surface area contributed by atoms with Crippen molar-refractivity contribution in [1.82, 2.24) is 4.90 Å². The summed E-state index contributed by atoms with van der Waals surface area (Å²) in [5, 5.41) is 0. The van der Waals surface area contributed by atoms with Crippen LogP contribution in [0.25, 0.3) is 0 Å². The second-order valence-corrected chi connectivity index (χ2v) is 3.74. The van der Waals surface area contributed by atoms with E-state index in [-0.39, 0.29) is 5.91 Å². The monoisotopic (exact) mass is 221 g/mol. The molecular formula is C13H19NO2. The van der Waals surface area contributed by atoms with Gasteiger partial charge >= 0.3 is 0 Å². The van der Waals surface area contributed by atoms with Gasteiger partial charge in [-0.2, -0.15) is 0 Å². The van der Waals surface area contributed by atoms with Gasteiger partial charge in [-0.15, -0.1) is 0 Å². The highest BCUT2D eigenvalue weighted by molar-refractivity contribution is 5.94. The average Bonchev–Trinajstić information content (AvgIpc) is 2.30. The van der Waals surface area contributed by atoms with Crippen molar-refractivity contribution < 1.29 is 9.53 Å². The van der Waals surface area contributed by atoms with Gasteiger partial charge in [0.05, 0.1) is 6.61 Å². The fourth-order valence-corrected chi connectivity index (χ4v) is 1.48. The maximum Gasteiger partial charge on any atom is 0.253 e. The summed E-state index contributed by atoms with van der Waals surface area (Å²) < 4.78 is 4.99. The first-order chi connectivity index (χ1) is 7.69. The minimum Gasteiger partial charge on any atom is -0.383 e. The third-order valence-electron chi connectivity index (χ3n) is 2.53. The van der Waals surface area contributed by atoms with Crippen LogP contribution in [-0.2, 0) is 4.74 Å². The lowest BCUT2D eigenvalue weighted by molar-refractivity contribution is 0.0706. The summed E-state index contributed by atoms with van der Waals surface area (Å²) in [5.74, 6) is 0.0690. The molecule has 0 N–H and O–H groups in total. The predicted octanol–water partition coefficient (Wildman–Crippen LogP) is 2.10. The summed E-state index contributed by atoms with van der Waals surface area (Å²) in [5.41, 5.74) is 1.90. The Morgan fingerprint density at radius 1 is 1.31 bits per heavy atom. The summed E-state index contributed by atoms with van der Waals surface area (Å²) >= 11 is 0. The lowest BCUT2D eigenvalue weighted by Crippen LogP contribution is -2.33. The quantitative estimate of drug-likeness (QED) is 0.762. The van der Waals surface area contributed by atoms with E-state index in [0.29, 0.717) is 19.7 Å². The van der Waals surface area contributed by atoms with Gasteiger partial charge in [0, 0.05) is 25.8 Å².